The van der Waals surface area contributed by atoms with Gasteiger partial charge in [-0.1, -0.05) is 0 Å². The van der Waals surface area contributed by atoms with Gasteiger partial charge in [0.15, 0.2) is 0 Å². The zero-order valence-corrected chi connectivity index (χ0v) is 12.5. The normalized spacial score (nSPS) is 7.75. The fourth-order valence-electron chi connectivity index (χ4n) is 0. The van der Waals surface area contributed by atoms with Crippen LogP contribution in [-0.2, 0) is 23.9 Å². The van der Waals surface area contributed by atoms with E-state index in [-0.39, 0.29) is 53.1 Å². The van der Waals surface area contributed by atoms with Crippen molar-refractivity contribution in [3.05, 3.63) is 0 Å². The van der Waals surface area contributed by atoms with Crippen LogP contribution in [0.3, 0.4) is 0 Å². The molecule has 8 heteroatoms. The molecule has 0 aromatic carbocycles. The summed E-state index contributed by atoms with van der Waals surface area (Å²) in [5.41, 5.74) is 0. The molecule has 44 valence electrons. The molecule has 0 rings (SSSR count). The van der Waals surface area contributed by atoms with Crippen LogP contribution >= 0.6 is 0 Å². The summed E-state index contributed by atoms with van der Waals surface area (Å²) in [4.78, 5) is 0. The molecular weight excluding hydrogens is 546 g/mol. The monoisotopic (exact) mass is 548 g/mol. The van der Waals surface area contributed by atoms with E-state index in [4.69, 9.17) is 18.6 Å². The number of rotatable bonds is 0. The van der Waals surface area contributed by atoms with Crippen molar-refractivity contribution in [3.8, 4) is 0 Å². The first-order chi connectivity index (χ1) is 3.00. The predicted octanol–water partition coefficient (Wildman–Crippen LogP) is -3.50. The molecule has 8 heavy (non-hydrogen) atoms. The molecule has 0 aromatic rings. The van der Waals surface area contributed by atoms with Gasteiger partial charge in [0.05, 0.1) is 0 Å². The molecule has 0 atom stereocenters. The predicted molar refractivity (Wildman–Crippen MR) is 13.6 cm³/mol. The standard InChI is InChI=1S/Cr.5O.2Pb/q;;;;2*-1;;+2. The molecule has 0 N–H and O–H groups in total. The first-order valence-electron chi connectivity index (χ1n) is 0.871. The Hall–Kier alpha value is 1.70. The Labute approximate surface area is 84.2 Å². The minimum atomic E-state index is -5.75. The van der Waals surface area contributed by atoms with Gasteiger partial charge in [-0.2, -0.15) is 0 Å². The van der Waals surface area contributed by atoms with E-state index in [0.29, 0.717) is 0 Å². The molecular formula is CrO5Pb2. The Kier molecular flexibility index (Phi) is 17.8. The Balaban J connectivity index is -0.0000000750. The summed E-state index contributed by atoms with van der Waals surface area (Å²) in [7, 11) is 0. The minimum absolute atomic E-state index is 0. The van der Waals surface area contributed by atoms with E-state index in [1.807, 2.05) is 0 Å². The number of hydrogen-bond acceptors (Lipinski definition) is 5. The van der Waals surface area contributed by atoms with Crippen molar-refractivity contribution < 1.29 is 32.2 Å². The van der Waals surface area contributed by atoms with Crippen LogP contribution in [0.5, 0.6) is 0 Å². The molecule has 0 aromatic heterocycles. The van der Waals surface area contributed by atoms with Gasteiger partial charge in [-0.15, -0.1) is 0 Å². The second-order valence-corrected chi connectivity index (χ2v) is 1.68. The molecule has 4 radical (unpaired) electrons. The van der Waals surface area contributed by atoms with Gasteiger partial charge in [-0.3, -0.25) is 0 Å². The third kappa shape index (κ3) is 120. The largest absolute Gasteiger partial charge is 2.00 e. The van der Waals surface area contributed by atoms with Crippen molar-refractivity contribution in [2.75, 3.05) is 0 Å². The Morgan fingerprint density at radius 1 is 1.12 bits per heavy atom. The maximum atomic E-state index is 8.59. The van der Waals surface area contributed by atoms with Gasteiger partial charge in [0.2, 0.25) is 0 Å². The smallest absolute Gasteiger partial charge is 2.00 e. The van der Waals surface area contributed by atoms with E-state index in [2.05, 4.69) is 0 Å². The molecule has 0 heterocycles. The van der Waals surface area contributed by atoms with Crippen molar-refractivity contribution in [1.82, 2.24) is 0 Å². The van der Waals surface area contributed by atoms with Crippen LogP contribution in [0, 0.1) is 0 Å². The van der Waals surface area contributed by atoms with E-state index in [1.165, 1.54) is 0 Å². The summed E-state index contributed by atoms with van der Waals surface area (Å²) in [6.45, 7) is 0. The summed E-state index contributed by atoms with van der Waals surface area (Å²) in [5, 5.41) is 0. The van der Waals surface area contributed by atoms with Crippen LogP contribution < -0.4 is 8.32 Å². The molecule has 0 saturated carbocycles. The summed E-state index contributed by atoms with van der Waals surface area (Å²) in [6, 6.07) is 0. The van der Waals surface area contributed by atoms with Gasteiger partial charge < -0.3 is 0 Å². The van der Waals surface area contributed by atoms with E-state index in [0.717, 1.165) is 0 Å². The molecule has 0 aliphatic heterocycles. The van der Waals surface area contributed by atoms with Gasteiger partial charge in [0, 0.05) is 0 Å². The molecule has 0 saturated heterocycles. The van der Waals surface area contributed by atoms with Crippen LogP contribution in [-0.4, -0.2) is 53.1 Å². The van der Waals surface area contributed by atoms with Crippen LogP contribution in [0.4, 0.5) is 0 Å². The molecule has 0 spiro atoms. The van der Waals surface area contributed by atoms with Gasteiger partial charge in [-0.25, -0.2) is 0 Å². The Morgan fingerprint density at radius 3 is 1.12 bits per heavy atom. The quantitative estimate of drug-likeness (QED) is 0.294. The fraction of sp³-hybridized carbons (Fsp3) is 0. The maximum Gasteiger partial charge on any atom is 2.00 e. The molecule has 0 aliphatic carbocycles. The molecule has 0 aliphatic rings. The summed E-state index contributed by atoms with van der Waals surface area (Å²) in [5.74, 6) is 0. The zero-order chi connectivity index (χ0) is 6.50. The van der Waals surface area contributed by atoms with Gasteiger partial charge >= 0.3 is 85.3 Å². The fourth-order valence-corrected chi connectivity index (χ4v) is 0. The average Bonchev–Trinajstić information content (AvgIpc) is 1.36. The first kappa shape index (κ1) is 16.4. The minimum Gasteiger partial charge on any atom is 2.00 e. The average molecular weight is 546 g/mol. The van der Waals surface area contributed by atoms with E-state index in [1.54, 1.807) is 0 Å². The summed E-state index contributed by atoms with van der Waals surface area (Å²) in [6.07, 6.45) is 0. The summed E-state index contributed by atoms with van der Waals surface area (Å²) < 4.78 is 42.8. The first-order valence-corrected chi connectivity index (χ1v) is 4.54. The topological polar surface area (TPSA) is 97.3 Å². The van der Waals surface area contributed by atoms with Crippen molar-refractivity contribution in [3.63, 3.8) is 0 Å². The second kappa shape index (κ2) is 8.70. The van der Waals surface area contributed by atoms with Crippen molar-refractivity contribution >= 4 is 53.1 Å². The van der Waals surface area contributed by atoms with Crippen molar-refractivity contribution in [2.24, 2.45) is 0 Å². The van der Waals surface area contributed by atoms with Crippen LogP contribution in [0.15, 0.2) is 0 Å². The molecule has 0 bridgehead atoms. The zero-order valence-electron chi connectivity index (χ0n) is 3.45. The maximum absolute atomic E-state index is 8.59. The third-order valence-electron chi connectivity index (χ3n) is 0. The molecule has 0 fully saturated rings. The van der Waals surface area contributed by atoms with Crippen molar-refractivity contribution in [2.45, 2.75) is 0 Å². The van der Waals surface area contributed by atoms with Gasteiger partial charge in [0.1, 0.15) is 0 Å². The molecule has 0 amide bonds. The van der Waals surface area contributed by atoms with E-state index >= 15 is 0 Å². The van der Waals surface area contributed by atoms with Crippen LogP contribution in [0.1, 0.15) is 0 Å². The van der Waals surface area contributed by atoms with Gasteiger partial charge in [0.25, 0.3) is 0 Å². The second-order valence-electron chi connectivity index (χ2n) is 0.408. The summed E-state index contributed by atoms with van der Waals surface area (Å²) >= 11 is -5.69. The van der Waals surface area contributed by atoms with Crippen molar-refractivity contribution in [1.29, 1.82) is 0 Å². The Bertz CT molecular complexity index is 104. The number of hydrogen-bond donors (Lipinski definition) is 0. The SMILES string of the molecule is [O]=[Cr](=[O])([O-])[O-].[O]=[Pb].[Pb+2]. The molecule has 5 nitrogen and oxygen atoms in total. The van der Waals surface area contributed by atoms with E-state index < -0.39 is 13.6 Å². The van der Waals surface area contributed by atoms with Crippen LogP contribution in [0.25, 0.3) is 0 Å². The van der Waals surface area contributed by atoms with Crippen LogP contribution in [0.2, 0.25) is 0 Å². The third-order valence-corrected chi connectivity index (χ3v) is 0. The Morgan fingerprint density at radius 2 is 1.12 bits per heavy atom. The van der Waals surface area contributed by atoms with E-state index in [9.17, 15) is 0 Å². The van der Waals surface area contributed by atoms with Gasteiger partial charge in [-0.05, 0) is 0 Å². The molecule has 0 unspecified atom stereocenters.